The molecule has 1 aliphatic heterocycles. The number of unbranched alkanes of at least 4 members (excludes halogenated alkanes) is 1. The molecule has 1 N–H and O–H groups in total. The zero-order valence-corrected chi connectivity index (χ0v) is 11.9. The predicted octanol–water partition coefficient (Wildman–Crippen LogP) is 2.35. The molecule has 0 aromatic carbocycles. The maximum Gasteiger partial charge on any atom is 0.310 e. The first-order chi connectivity index (χ1) is 9.72. The molecule has 1 aromatic heterocycles. The van der Waals surface area contributed by atoms with Crippen molar-refractivity contribution in [2.75, 3.05) is 24.5 Å². The summed E-state index contributed by atoms with van der Waals surface area (Å²) >= 11 is 0. The molecule has 1 fully saturated rings. The van der Waals surface area contributed by atoms with Gasteiger partial charge in [0.25, 0.3) is 0 Å². The van der Waals surface area contributed by atoms with Crippen molar-refractivity contribution in [1.29, 1.82) is 0 Å². The zero-order chi connectivity index (χ0) is 14.4. The number of nitrogens with one attached hydrogen (secondary N) is 1. The summed E-state index contributed by atoms with van der Waals surface area (Å²) < 4.78 is 0. The molecule has 110 valence electrons. The summed E-state index contributed by atoms with van der Waals surface area (Å²) in [4.78, 5) is 16.8. The molecule has 0 amide bonds. The molecule has 0 saturated carbocycles. The lowest BCUT2D eigenvalue weighted by molar-refractivity contribution is -0.384. The van der Waals surface area contributed by atoms with Crippen molar-refractivity contribution < 1.29 is 4.92 Å². The van der Waals surface area contributed by atoms with Gasteiger partial charge < -0.3 is 10.2 Å². The van der Waals surface area contributed by atoms with E-state index in [0.29, 0.717) is 11.7 Å². The van der Waals surface area contributed by atoms with Crippen LogP contribution < -0.4 is 10.2 Å². The van der Waals surface area contributed by atoms with Crippen molar-refractivity contribution in [2.45, 2.75) is 38.6 Å². The van der Waals surface area contributed by atoms with E-state index in [1.165, 1.54) is 12.6 Å². The van der Waals surface area contributed by atoms with Crippen LogP contribution in [0.4, 0.5) is 11.4 Å². The van der Waals surface area contributed by atoms with Gasteiger partial charge in [0.05, 0.1) is 4.92 Å². The number of hydrogen-bond acceptors (Lipinski definition) is 5. The maximum atomic E-state index is 11.2. The minimum Gasteiger partial charge on any atom is -0.364 e. The Morgan fingerprint density at radius 2 is 2.45 bits per heavy atom. The minimum absolute atomic E-state index is 0.0987. The van der Waals surface area contributed by atoms with Gasteiger partial charge in [-0.15, -0.1) is 0 Å². The van der Waals surface area contributed by atoms with Gasteiger partial charge in [-0.25, -0.2) is 0 Å². The van der Waals surface area contributed by atoms with E-state index in [1.807, 2.05) is 0 Å². The van der Waals surface area contributed by atoms with Crippen LogP contribution in [-0.4, -0.2) is 35.6 Å². The molecule has 6 nitrogen and oxygen atoms in total. The van der Waals surface area contributed by atoms with Gasteiger partial charge in [-0.2, -0.15) is 0 Å². The molecular weight excluding hydrogens is 256 g/mol. The van der Waals surface area contributed by atoms with Crippen LogP contribution >= 0.6 is 0 Å². The number of pyridine rings is 1. The summed E-state index contributed by atoms with van der Waals surface area (Å²) in [5.41, 5.74) is 0.786. The van der Waals surface area contributed by atoms with Crippen molar-refractivity contribution in [3.63, 3.8) is 0 Å². The minimum atomic E-state index is -0.344. The summed E-state index contributed by atoms with van der Waals surface area (Å²) in [6.07, 6.45) is 7.41. The van der Waals surface area contributed by atoms with Gasteiger partial charge in [-0.3, -0.25) is 15.1 Å². The van der Waals surface area contributed by atoms with E-state index in [9.17, 15) is 10.1 Å². The lowest BCUT2D eigenvalue weighted by Gasteiger charge is -2.27. The Hall–Kier alpha value is -1.69. The van der Waals surface area contributed by atoms with Crippen LogP contribution in [0.5, 0.6) is 0 Å². The third kappa shape index (κ3) is 3.66. The molecule has 6 heteroatoms. The third-order valence-corrected chi connectivity index (χ3v) is 3.70. The van der Waals surface area contributed by atoms with Crippen LogP contribution in [0.15, 0.2) is 18.5 Å². The lowest BCUT2D eigenvalue weighted by atomic mass is 10.2. The molecule has 1 saturated heterocycles. The van der Waals surface area contributed by atoms with E-state index >= 15 is 0 Å². The Morgan fingerprint density at radius 3 is 3.10 bits per heavy atom. The number of rotatable bonds is 7. The maximum absolute atomic E-state index is 11.2. The van der Waals surface area contributed by atoms with Gasteiger partial charge in [-0.05, 0) is 31.9 Å². The largest absolute Gasteiger partial charge is 0.364 e. The molecule has 0 bridgehead atoms. The predicted molar refractivity (Wildman–Crippen MR) is 79.0 cm³/mol. The molecular formula is C14H22N4O2. The Morgan fingerprint density at radius 1 is 1.60 bits per heavy atom. The van der Waals surface area contributed by atoms with Crippen molar-refractivity contribution in [1.82, 2.24) is 10.3 Å². The molecule has 2 heterocycles. The van der Waals surface area contributed by atoms with Gasteiger partial charge >= 0.3 is 5.69 Å². The van der Waals surface area contributed by atoms with E-state index in [-0.39, 0.29) is 10.6 Å². The Labute approximate surface area is 119 Å². The highest BCUT2D eigenvalue weighted by Gasteiger charge is 2.23. The zero-order valence-electron chi connectivity index (χ0n) is 11.9. The highest BCUT2D eigenvalue weighted by molar-refractivity contribution is 5.61. The molecule has 0 aliphatic carbocycles. The van der Waals surface area contributed by atoms with E-state index < -0.39 is 0 Å². The van der Waals surface area contributed by atoms with Crippen LogP contribution in [-0.2, 0) is 0 Å². The fourth-order valence-corrected chi connectivity index (χ4v) is 2.62. The molecule has 20 heavy (non-hydrogen) atoms. The van der Waals surface area contributed by atoms with Crippen molar-refractivity contribution in [3.05, 3.63) is 28.6 Å². The summed E-state index contributed by atoms with van der Waals surface area (Å²) in [6, 6.07) is 2.18. The molecule has 0 spiro atoms. The van der Waals surface area contributed by atoms with Crippen LogP contribution in [0.3, 0.4) is 0 Å². The Kier molecular flexibility index (Phi) is 5.29. The summed E-state index contributed by atoms with van der Waals surface area (Å²) in [5, 5.41) is 14.6. The normalized spacial score (nSPS) is 18.1. The van der Waals surface area contributed by atoms with Crippen molar-refractivity contribution in [3.8, 4) is 0 Å². The van der Waals surface area contributed by atoms with Gasteiger partial charge in [0, 0.05) is 25.3 Å². The van der Waals surface area contributed by atoms with E-state index in [1.54, 1.807) is 12.3 Å². The van der Waals surface area contributed by atoms with Gasteiger partial charge in [0.15, 0.2) is 0 Å². The fourth-order valence-electron chi connectivity index (χ4n) is 2.62. The number of hydrogen-bond donors (Lipinski definition) is 1. The summed E-state index contributed by atoms with van der Waals surface area (Å²) in [7, 11) is 0. The molecule has 1 aliphatic rings. The van der Waals surface area contributed by atoms with Crippen LogP contribution in [0, 0.1) is 10.1 Å². The number of nitro groups is 1. The molecule has 1 aromatic rings. The quantitative estimate of drug-likeness (QED) is 0.612. The SMILES string of the molecule is CCCCN(CC1CCCN1)c1ccncc1[N+](=O)[O-]. The highest BCUT2D eigenvalue weighted by Crippen LogP contribution is 2.27. The summed E-state index contributed by atoms with van der Waals surface area (Å²) in [5.74, 6) is 0. The average molecular weight is 278 g/mol. The topological polar surface area (TPSA) is 71.3 Å². The van der Waals surface area contributed by atoms with Crippen molar-refractivity contribution in [2.24, 2.45) is 0 Å². The first kappa shape index (κ1) is 14.7. The van der Waals surface area contributed by atoms with E-state index in [4.69, 9.17) is 0 Å². The lowest BCUT2D eigenvalue weighted by Crippen LogP contribution is -2.38. The second-order valence-electron chi connectivity index (χ2n) is 5.21. The first-order valence-corrected chi connectivity index (χ1v) is 7.29. The second-order valence-corrected chi connectivity index (χ2v) is 5.21. The third-order valence-electron chi connectivity index (χ3n) is 3.70. The monoisotopic (exact) mass is 278 g/mol. The fraction of sp³-hybridized carbons (Fsp3) is 0.643. The van der Waals surface area contributed by atoms with Crippen LogP contribution in [0.1, 0.15) is 32.6 Å². The van der Waals surface area contributed by atoms with Gasteiger partial charge in [-0.1, -0.05) is 13.3 Å². The Bertz CT molecular complexity index is 447. The molecule has 0 radical (unpaired) electrons. The second kappa shape index (κ2) is 7.19. The molecule has 2 rings (SSSR count). The number of nitrogens with zero attached hydrogens (tertiary/aromatic N) is 3. The van der Waals surface area contributed by atoms with Crippen molar-refractivity contribution >= 4 is 11.4 Å². The number of anilines is 1. The Balaban J connectivity index is 2.18. The van der Waals surface area contributed by atoms with E-state index in [0.717, 1.165) is 38.9 Å². The molecule has 1 atom stereocenters. The van der Waals surface area contributed by atoms with Gasteiger partial charge in [0.1, 0.15) is 11.9 Å². The molecule has 1 unspecified atom stereocenters. The summed E-state index contributed by atoms with van der Waals surface area (Å²) in [6.45, 7) is 4.85. The first-order valence-electron chi connectivity index (χ1n) is 7.29. The number of aromatic nitrogens is 1. The van der Waals surface area contributed by atoms with Gasteiger partial charge in [0.2, 0.25) is 0 Å². The standard InChI is InChI=1S/C14H22N4O2/c1-2-3-9-17(11-12-5-4-7-16-12)13-6-8-15-10-14(13)18(19)20/h6,8,10,12,16H,2-5,7,9,11H2,1H3. The highest BCUT2D eigenvalue weighted by atomic mass is 16.6. The van der Waals surface area contributed by atoms with Crippen LogP contribution in [0.25, 0.3) is 0 Å². The average Bonchev–Trinajstić information content (AvgIpc) is 2.96. The smallest absolute Gasteiger partial charge is 0.310 e. The van der Waals surface area contributed by atoms with Crippen LogP contribution in [0.2, 0.25) is 0 Å². The van der Waals surface area contributed by atoms with E-state index in [2.05, 4.69) is 22.1 Å².